The van der Waals surface area contributed by atoms with E-state index in [9.17, 15) is 18.0 Å². The molecular weight excluding hydrogens is 318 g/mol. The first-order valence-corrected chi connectivity index (χ1v) is 8.40. The largest absolute Gasteiger partial charge is 0.481 e. The molecule has 0 fully saturated rings. The van der Waals surface area contributed by atoms with Crippen molar-refractivity contribution in [1.29, 1.82) is 0 Å². The lowest BCUT2D eigenvalue weighted by molar-refractivity contribution is -0.136. The van der Waals surface area contributed by atoms with Crippen molar-refractivity contribution in [3.05, 3.63) is 27.6 Å². The lowest BCUT2D eigenvalue weighted by atomic mass is 10.4. The van der Waals surface area contributed by atoms with Crippen LogP contribution in [0.15, 0.2) is 16.2 Å². The summed E-state index contributed by atoms with van der Waals surface area (Å²) in [5.41, 5.74) is 0.191. The number of carboxylic acid groups (broad SMARTS) is 1. The van der Waals surface area contributed by atoms with Crippen LogP contribution in [0.1, 0.15) is 12.2 Å². The number of carbonyl (C=O) groups is 1. The molecule has 0 aromatic carbocycles. The Morgan fingerprint density at radius 1 is 1.52 bits per heavy atom. The van der Waals surface area contributed by atoms with Crippen molar-refractivity contribution < 1.29 is 18.3 Å². The van der Waals surface area contributed by atoms with Crippen molar-refractivity contribution in [3.63, 3.8) is 0 Å². The highest BCUT2D eigenvalue weighted by Crippen LogP contribution is 2.14. The second-order valence-electron chi connectivity index (χ2n) is 4.36. The van der Waals surface area contributed by atoms with Crippen LogP contribution in [-0.2, 0) is 21.4 Å². The number of thiophene rings is 1. The highest BCUT2D eigenvalue weighted by molar-refractivity contribution is 7.89. The van der Waals surface area contributed by atoms with E-state index in [4.69, 9.17) is 5.11 Å². The van der Waals surface area contributed by atoms with Crippen LogP contribution in [0.3, 0.4) is 0 Å². The van der Waals surface area contributed by atoms with Crippen molar-refractivity contribution in [3.8, 4) is 0 Å². The Balaban J connectivity index is 2.19. The van der Waals surface area contributed by atoms with Gasteiger partial charge in [0.05, 0.1) is 24.2 Å². The quantitative estimate of drug-likeness (QED) is 0.781. The van der Waals surface area contributed by atoms with E-state index in [-0.39, 0.29) is 17.9 Å². The predicted octanol–water partition coefficient (Wildman–Crippen LogP) is 0.221. The van der Waals surface area contributed by atoms with Crippen LogP contribution in [0.4, 0.5) is 0 Å². The van der Waals surface area contributed by atoms with Crippen LogP contribution in [-0.4, -0.2) is 46.6 Å². The Morgan fingerprint density at radius 2 is 2.24 bits per heavy atom. The van der Waals surface area contributed by atoms with Gasteiger partial charge < -0.3 is 10.1 Å². The minimum atomic E-state index is -3.71. The van der Waals surface area contributed by atoms with Gasteiger partial charge in [-0.3, -0.25) is 9.59 Å². The van der Waals surface area contributed by atoms with E-state index < -0.39 is 28.2 Å². The number of nitrogens with one attached hydrogen (secondary N) is 1. The molecule has 0 saturated heterocycles. The first-order valence-electron chi connectivity index (χ1n) is 5.92. The van der Waals surface area contributed by atoms with Gasteiger partial charge in [0.25, 0.3) is 5.56 Å². The molecule has 0 spiro atoms. The molecule has 0 saturated carbocycles. The zero-order valence-electron chi connectivity index (χ0n) is 11.1. The highest BCUT2D eigenvalue weighted by Gasteiger charge is 2.20. The van der Waals surface area contributed by atoms with Crippen LogP contribution in [0, 0.1) is 0 Å². The number of aliphatic carboxylic acids is 1. The third kappa shape index (κ3) is 3.65. The maximum atomic E-state index is 11.9. The van der Waals surface area contributed by atoms with Gasteiger partial charge in [-0.15, -0.1) is 11.3 Å². The number of sulfonamides is 1. The molecule has 8 nitrogen and oxygen atoms in total. The minimum Gasteiger partial charge on any atom is -0.481 e. The van der Waals surface area contributed by atoms with Crippen molar-refractivity contribution in [1.82, 2.24) is 14.3 Å². The summed E-state index contributed by atoms with van der Waals surface area (Å²) in [5, 5.41) is 10.3. The van der Waals surface area contributed by atoms with Crippen molar-refractivity contribution in [2.75, 3.05) is 12.8 Å². The molecule has 0 aliphatic heterocycles. The minimum absolute atomic E-state index is 0.122. The molecule has 0 amide bonds. The molecule has 114 valence electrons. The maximum absolute atomic E-state index is 11.9. The molecule has 0 radical (unpaired) electrons. The molecule has 2 N–H and O–H groups in total. The summed E-state index contributed by atoms with van der Waals surface area (Å²) in [6, 6.07) is 1.68. The van der Waals surface area contributed by atoms with Crippen LogP contribution < -0.4 is 5.56 Å². The number of rotatable bonds is 6. The third-order valence-electron chi connectivity index (χ3n) is 2.79. The summed E-state index contributed by atoms with van der Waals surface area (Å²) >= 11 is 1.26. The lowest BCUT2D eigenvalue weighted by Crippen LogP contribution is -2.31. The van der Waals surface area contributed by atoms with Gasteiger partial charge in [0.2, 0.25) is 10.0 Å². The van der Waals surface area contributed by atoms with Gasteiger partial charge in [0.1, 0.15) is 10.5 Å². The monoisotopic (exact) mass is 331 g/mol. The molecule has 21 heavy (non-hydrogen) atoms. The molecule has 0 bridgehead atoms. The first-order chi connectivity index (χ1) is 9.79. The molecule has 2 aromatic heterocycles. The summed E-state index contributed by atoms with van der Waals surface area (Å²) in [4.78, 5) is 28.9. The number of aromatic amines is 1. The van der Waals surface area contributed by atoms with Gasteiger partial charge in [-0.05, 0) is 11.4 Å². The van der Waals surface area contributed by atoms with Crippen LogP contribution in [0.25, 0.3) is 10.2 Å². The van der Waals surface area contributed by atoms with E-state index in [0.29, 0.717) is 10.2 Å². The summed E-state index contributed by atoms with van der Waals surface area (Å²) in [7, 11) is -2.40. The first kappa shape index (κ1) is 15.6. The molecule has 2 rings (SSSR count). The number of H-pyrrole nitrogens is 1. The fraction of sp³-hybridized carbons (Fsp3) is 0.364. The van der Waals surface area contributed by atoms with Crippen molar-refractivity contribution in [2.24, 2.45) is 0 Å². The lowest BCUT2D eigenvalue weighted by Gasteiger charge is -2.15. The summed E-state index contributed by atoms with van der Waals surface area (Å²) in [5.74, 6) is -1.46. The smallest absolute Gasteiger partial charge is 0.304 e. The van der Waals surface area contributed by atoms with Gasteiger partial charge in [-0.1, -0.05) is 0 Å². The summed E-state index contributed by atoms with van der Waals surface area (Å²) in [6.07, 6.45) is -0.472. The molecule has 2 aromatic rings. The molecule has 2 heterocycles. The average Bonchev–Trinajstić information content (AvgIpc) is 2.85. The molecule has 10 heteroatoms. The fourth-order valence-electron chi connectivity index (χ4n) is 1.68. The Kier molecular flexibility index (Phi) is 4.40. The standard InChI is InChI=1S/C11H13N3O5S2/c1-14(21(18,19)5-3-9(15)16)6-8-12-7-2-4-20-10(7)11(17)13-8/h2,4H,3,5-6H2,1H3,(H,15,16)(H,12,13,17). The molecule has 0 aliphatic rings. The Hall–Kier alpha value is -1.78. The predicted molar refractivity (Wildman–Crippen MR) is 77.7 cm³/mol. The molecule has 0 aliphatic carbocycles. The van der Waals surface area contributed by atoms with Gasteiger partial charge in [0.15, 0.2) is 0 Å². The van der Waals surface area contributed by atoms with Crippen molar-refractivity contribution >= 4 is 37.5 Å². The van der Waals surface area contributed by atoms with E-state index in [0.717, 1.165) is 4.31 Å². The number of fused-ring (bicyclic) bond motifs is 1. The summed E-state index contributed by atoms with van der Waals surface area (Å²) < 4.78 is 25.2. The molecular formula is C11H13N3O5S2. The van der Waals surface area contributed by atoms with E-state index in [1.807, 2.05) is 0 Å². The summed E-state index contributed by atoms with van der Waals surface area (Å²) in [6.45, 7) is -0.122. The zero-order valence-corrected chi connectivity index (χ0v) is 12.7. The number of hydrogen-bond acceptors (Lipinski definition) is 6. The fourth-order valence-corrected chi connectivity index (χ4v) is 3.47. The Bertz CT molecular complexity index is 824. The molecule has 0 atom stereocenters. The average molecular weight is 331 g/mol. The van der Waals surface area contributed by atoms with E-state index >= 15 is 0 Å². The van der Waals surface area contributed by atoms with E-state index in [1.54, 1.807) is 11.4 Å². The van der Waals surface area contributed by atoms with Crippen molar-refractivity contribution in [2.45, 2.75) is 13.0 Å². The van der Waals surface area contributed by atoms with Gasteiger partial charge >= 0.3 is 5.97 Å². The normalized spacial score (nSPS) is 12.1. The number of nitrogens with zero attached hydrogens (tertiary/aromatic N) is 2. The van der Waals surface area contributed by atoms with E-state index in [2.05, 4.69) is 9.97 Å². The van der Waals surface area contributed by atoms with Gasteiger partial charge in [-0.2, -0.15) is 4.31 Å². The zero-order chi connectivity index (χ0) is 15.6. The van der Waals surface area contributed by atoms with Crippen LogP contribution >= 0.6 is 11.3 Å². The number of hydrogen-bond donors (Lipinski definition) is 2. The Labute approximate surface area is 124 Å². The SMILES string of the molecule is CN(Cc1nc2ccsc2c(=O)[nH]1)S(=O)(=O)CCC(=O)O. The highest BCUT2D eigenvalue weighted by atomic mass is 32.2. The maximum Gasteiger partial charge on any atom is 0.304 e. The van der Waals surface area contributed by atoms with E-state index in [1.165, 1.54) is 18.4 Å². The topological polar surface area (TPSA) is 120 Å². The second-order valence-corrected chi connectivity index (χ2v) is 7.47. The molecule has 0 unspecified atom stereocenters. The second kappa shape index (κ2) is 5.92. The van der Waals surface area contributed by atoms with Gasteiger partial charge in [0, 0.05) is 7.05 Å². The Morgan fingerprint density at radius 3 is 2.90 bits per heavy atom. The number of carboxylic acids is 1. The number of aromatic nitrogens is 2. The third-order valence-corrected chi connectivity index (χ3v) is 5.49. The van der Waals surface area contributed by atoms with Gasteiger partial charge in [-0.25, -0.2) is 13.4 Å². The van der Waals surface area contributed by atoms with Crippen LogP contribution in [0.2, 0.25) is 0 Å². The van der Waals surface area contributed by atoms with Crippen LogP contribution in [0.5, 0.6) is 0 Å².